The number of carbonyl (C=O) groups is 1. The van der Waals surface area contributed by atoms with Crippen LogP contribution in [0.15, 0.2) is 10.3 Å². The molecule has 0 saturated heterocycles. The van der Waals surface area contributed by atoms with E-state index in [1.165, 1.54) is 6.07 Å². The summed E-state index contributed by atoms with van der Waals surface area (Å²) in [6, 6.07) is 1.42. The Morgan fingerprint density at radius 2 is 2.05 bits per heavy atom. The highest BCUT2D eigenvalue weighted by atomic mass is 32.2. The van der Waals surface area contributed by atoms with E-state index in [2.05, 4.69) is 4.72 Å². The minimum absolute atomic E-state index is 0.0659. The highest BCUT2D eigenvalue weighted by Crippen LogP contribution is 2.40. The van der Waals surface area contributed by atoms with Gasteiger partial charge in [-0.25, -0.2) is 17.9 Å². The van der Waals surface area contributed by atoms with Crippen molar-refractivity contribution < 1.29 is 18.3 Å². The zero-order valence-corrected chi connectivity index (χ0v) is 12.7. The molecule has 1 aliphatic rings. The first-order chi connectivity index (χ1) is 8.63. The molecule has 1 aromatic rings. The van der Waals surface area contributed by atoms with Crippen LogP contribution in [-0.4, -0.2) is 25.0 Å². The molecule has 0 unspecified atom stereocenters. The van der Waals surface area contributed by atoms with E-state index in [0.29, 0.717) is 11.5 Å². The molecule has 1 heterocycles. The molecular weight excluding hydrogens is 286 g/mol. The standard InChI is InChI=1S/C12H17NO4S2/c1-7-6-9(18-10(7)11(14)15)19(16,17)13-12(2,3)8-4-5-8/h6,8,13H,4-5H2,1-3H3,(H,14,15). The van der Waals surface area contributed by atoms with Crippen LogP contribution in [0.2, 0.25) is 0 Å². The first kappa shape index (κ1) is 14.5. The number of nitrogens with one attached hydrogen (secondary N) is 1. The number of hydrogen-bond acceptors (Lipinski definition) is 4. The lowest BCUT2D eigenvalue weighted by molar-refractivity contribution is 0.0701. The molecule has 5 nitrogen and oxygen atoms in total. The molecule has 7 heteroatoms. The summed E-state index contributed by atoms with van der Waals surface area (Å²) < 4.78 is 27.3. The van der Waals surface area contributed by atoms with Crippen molar-refractivity contribution in [2.75, 3.05) is 0 Å². The van der Waals surface area contributed by atoms with Crippen molar-refractivity contribution in [3.05, 3.63) is 16.5 Å². The second-order valence-corrected chi connectivity index (χ2v) is 8.45. The number of sulfonamides is 1. The van der Waals surface area contributed by atoms with Crippen LogP contribution in [0.4, 0.5) is 0 Å². The zero-order chi connectivity index (χ0) is 14.4. The van der Waals surface area contributed by atoms with Crippen LogP contribution >= 0.6 is 11.3 Å². The molecule has 0 radical (unpaired) electrons. The SMILES string of the molecule is Cc1cc(S(=O)(=O)NC(C)(C)C2CC2)sc1C(=O)O. The van der Waals surface area contributed by atoms with Crippen LogP contribution in [0.1, 0.15) is 41.9 Å². The average Bonchev–Trinajstić information content (AvgIpc) is 3.00. The van der Waals surface area contributed by atoms with Gasteiger partial charge in [0.2, 0.25) is 0 Å². The van der Waals surface area contributed by atoms with Crippen LogP contribution in [0.5, 0.6) is 0 Å². The molecule has 2 N–H and O–H groups in total. The van der Waals surface area contributed by atoms with Crippen molar-refractivity contribution in [3.8, 4) is 0 Å². The van der Waals surface area contributed by atoms with Gasteiger partial charge in [-0.15, -0.1) is 11.3 Å². The van der Waals surface area contributed by atoms with Crippen LogP contribution in [0, 0.1) is 12.8 Å². The monoisotopic (exact) mass is 303 g/mol. The fourth-order valence-electron chi connectivity index (χ4n) is 2.08. The highest BCUT2D eigenvalue weighted by Gasteiger charge is 2.41. The maximum atomic E-state index is 12.3. The summed E-state index contributed by atoms with van der Waals surface area (Å²) in [4.78, 5) is 11.0. The molecular formula is C12H17NO4S2. The maximum Gasteiger partial charge on any atom is 0.346 e. The molecule has 1 saturated carbocycles. The van der Waals surface area contributed by atoms with Crippen molar-refractivity contribution in [3.63, 3.8) is 0 Å². The van der Waals surface area contributed by atoms with Gasteiger partial charge >= 0.3 is 5.97 Å². The van der Waals surface area contributed by atoms with Gasteiger partial charge in [-0.2, -0.15) is 0 Å². The molecule has 106 valence electrons. The molecule has 0 amide bonds. The van der Waals surface area contributed by atoms with Crippen LogP contribution < -0.4 is 4.72 Å². The summed E-state index contributed by atoms with van der Waals surface area (Å²) in [6.07, 6.45) is 2.05. The van der Waals surface area contributed by atoms with Crippen LogP contribution in [-0.2, 0) is 10.0 Å². The van der Waals surface area contributed by atoms with E-state index in [4.69, 9.17) is 5.11 Å². The van der Waals surface area contributed by atoms with Gasteiger partial charge in [0.05, 0.1) is 0 Å². The summed E-state index contributed by atoms with van der Waals surface area (Å²) in [7, 11) is -3.65. The number of carboxylic acids is 1. The van der Waals surface area contributed by atoms with Gasteiger partial charge in [-0.3, -0.25) is 0 Å². The molecule has 1 aliphatic carbocycles. The molecule has 19 heavy (non-hydrogen) atoms. The number of carboxylic acid groups (broad SMARTS) is 1. The predicted octanol–water partition coefficient (Wildman–Crippen LogP) is 2.22. The lowest BCUT2D eigenvalue weighted by atomic mass is 10.0. The topological polar surface area (TPSA) is 83.5 Å². The lowest BCUT2D eigenvalue weighted by Gasteiger charge is -2.25. The van der Waals surface area contributed by atoms with Crippen molar-refractivity contribution in [1.29, 1.82) is 0 Å². The van der Waals surface area contributed by atoms with Crippen molar-refractivity contribution in [2.45, 2.75) is 43.4 Å². The third-order valence-electron chi connectivity index (χ3n) is 3.35. The predicted molar refractivity (Wildman–Crippen MR) is 73.1 cm³/mol. The number of rotatable bonds is 5. The van der Waals surface area contributed by atoms with E-state index in [1.54, 1.807) is 6.92 Å². The number of thiophene rings is 1. The summed E-state index contributed by atoms with van der Waals surface area (Å²) in [5.41, 5.74) is -0.0118. The number of aryl methyl sites for hydroxylation is 1. The van der Waals surface area contributed by atoms with Gasteiger partial charge < -0.3 is 5.11 Å². The van der Waals surface area contributed by atoms with Gasteiger partial charge in [0.15, 0.2) is 0 Å². The van der Waals surface area contributed by atoms with Crippen LogP contribution in [0.25, 0.3) is 0 Å². The Morgan fingerprint density at radius 3 is 2.47 bits per heavy atom. The second kappa shape index (κ2) is 4.57. The van der Waals surface area contributed by atoms with E-state index in [0.717, 1.165) is 24.2 Å². The van der Waals surface area contributed by atoms with Crippen LogP contribution in [0.3, 0.4) is 0 Å². The molecule has 0 aromatic carbocycles. The fourth-order valence-corrected chi connectivity index (χ4v) is 4.93. The molecule has 0 bridgehead atoms. The van der Waals surface area contributed by atoms with Gasteiger partial charge in [-0.05, 0) is 51.2 Å². The zero-order valence-electron chi connectivity index (χ0n) is 11.1. The van der Waals surface area contributed by atoms with Gasteiger partial charge in [0.25, 0.3) is 10.0 Å². The Hall–Kier alpha value is -0.920. The molecule has 1 fully saturated rings. The minimum Gasteiger partial charge on any atom is -0.477 e. The minimum atomic E-state index is -3.65. The maximum absolute atomic E-state index is 12.3. The van der Waals surface area contributed by atoms with E-state index in [1.807, 2.05) is 13.8 Å². The fraction of sp³-hybridized carbons (Fsp3) is 0.583. The van der Waals surface area contributed by atoms with E-state index in [9.17, 15) is 13.2 Å². The summed E-state index contributed by atoms with van der Waals surface area (Å²) in [5.74, 6) is -0.729. The summed E-state index contributed by atoms with van der Waals surface area (Å²) >= 11 is 0.797. The van der Waals surface area contributed by atoms with E-state index < -0.39 is 21.5 Å². The highest BCUT2D eigenvalue weighted by molar-refractivity contribution is 7.91. The summed E-state index contributed by atoms with van der Waals surface area (Å²) in [6.45, 7) is 5.33. The molecule has 0 aliphatic heterocycles. The Bertz CT molecular complexity index is 612. The third-order valence-corrected chi connectivity index (χ3v) is 6.72. The van der Waals surface area contributed by atoms with Gasteiger partial charge in [-0.1, -0.05) is 0 Å². The lowest BCUT2D eigenvalue weighted by Crippen LogP contribution is -2.44. The molecule has 2 rings (SSSR count). The second-order valence-electron chi connectivity index (χ2n) is 5.48. The number of aromatic carboxylic acids is 1. The largest absolute Gasteiger partial charge is 0.477 e. The van der Waals surface area contributed by atoms with Crippen molar-refractivity contribution in [1.82, 2.24) is 4.72 Å². The quantitative estimate of drug-likeness (QED) is 0.873. The first-order valence-electron chi connectivity index (χ1n) is 6.01. The van der Waals surface area contributed by atoms with E-state index >= 15 is 0 Å². The van der Waals surface area contributed by atoms with Gasteiger partial charge in [0.1, 0.15) is 9.09 Å². The van der Waals surface area contributed by atoms with Crippen molar-refractivity contribution in [2.24, 2.45) is 5.92 Å². The molecule has 0 atom stereocenters. The Morgan fingerprint density at radius 1 is 1.47 bits per heavy atom. The normalized spacial score (nSPS) is 16.6. The smallest absolute Gasteiger partial charge is 0.346 e. The average molecular weight is 303 g/mol. The first-order valence-corrected chi connectivity index (χ1v) is 8.31. The molecule has 1 aromatic heterocycles. The Kier molecular flexibility index (Phi) is 3.49. The van der Waals surface area contributed by atoms with Crippen molar-refractivity contribution >= 4 is 27.3 Å². The molecule has 0 spiro atoms. The Balaban J connectivity index is 2.29. The van der Waals surface area contributed by atoms with E-state index in [-0.39, 0.29) is 9.09 Å². The summed E-state index contributed by atoms with van der Waals surface area (Å²) in [5, 5.41) is 8.97. The Labute approximate surface area is 116 Å². The number of hydrogen-bond donors (Lipinski definition) is 2. The van der Waals surface area contributed by atoms with Gasteiger partial charge in [0, 0.05) is 5.54 Å². The third kappa shape index (κ3) is 2.98.